The maximum atomic E-state index is 12.7. The van der Waals surface area contributed by atoms with Gasteiger partial charge in [-0.25, -0.2) is 9.59 Å². The van der Waals surface area contributed by atoms with Gasteiger partial charge in [0.05, 0.1) is 0 Å². The van der Waals surface area contributed by atoms with Gasteiger partial charge in [0.15, 0.2) is 0 Å². The van der Waals surface area contributed by atoms with Crippen molar-refractivity contribution in [2.45, 2.75) is 77.7 Å². The summed E-state index contributed by atoms with van der Waals surface area (Å²) in [6.45, 7) is 8.40. The summed E-state index contributed by atoms with van der Waals surface area (Å²) in [6, 6.07) is 5.60. The number of likely N-dealkylation sites (N-methyl/N-ethyl adjacent to an activating group) is 1. The Morgan fingerprint density at radius 3 is 2.02 bits per heavy atom. The molecule has 1 amide bonds. The third kappa shape index (κ3) is 9.31. The molecule has 2 aromatic rings. The number of carboxylic acids is 1. The van der Waals surface area contributed by atoms with Gasteiger partial charge in [0.2, 0.25) is 0 Å². The van der Waals surface area contributed by atoms with Crippen LogP contribution in [0.15, 0.2) is 33.9 Å². The Morgan fingerprint density at radius 1 is 0.902 bits per heavy atom. The van der Waals surface area contributed by atoms with Gasteiger partial charge in [-0.3, -0.25) is 9.59 Å². The van der Waals surface area contributed by atoms with E-state index in [1.165, 1.54) is 0 Å². The van der Waals surface area contributed by atoms with Gasteiger partial charge in [-0.05, 0) is 37.6 Å². The SMILES string of the molecule is CCCCCCN(CCCCCC)c1c(N[C@@H](Cc2ccc(OC(=O)N3CCN(C)CC3)cc2)C(=O)O)c(=O)c1=O. The lowest BCUT2D eigenvalue weighted by atomic mass is 10.0. The monoisotopic (exact) mass is 570 g/mol. The van der Waals surface area contributed by atoms with E-state index in [1.54, 1.807) is 29.2 Å². The average molecular weight is 571 g/mol. The molecule has 0 aliphatic carbocycles. The maximum absolute atomic E-state index is 12.7. The van der Waals surface area contributed by atoms with Crippen LogP contribution in [0.2, 0.25) is 0 Å². The van der Waals surface area contributed by atoms with Crippen molar-refractivity contribution in [3.63, 3.8) is 0 Å². The predicted molar refractivity (Wildman–Crippen MR) is 162 cm³/mol. The second-order valence-corrected chi connectivity index (χ2v) is 11.0. The molecule has 41 heavy (non-hydrogen) atoms. The number of aliphatic carboxylic acids is 1. The van der Waals surface area contributed by atoms with Crippen molar-refractivity contribution in [2.75, 3.05) is 56.5 Å². The van der Waals surface area contributed by atoms with Gasteiger partial charge in [0.25, 0.3) is 10.9 Å². The first-order valence-electron chi connectivity index (χ1n) is 15.1. The van der Waals surface area contributed by atoms with E-state index in [1.807, 2.05) is 11.9 Å². The number of ether oxygens (including phenoxy) is 1. The minimum atomic E-state index is -1.12. The molecule has 10 nitrogen and oxygen atoms in total. The van der Waals surface area contributed by atoms with Crippen molar-refractivity contribution >= 4 is 23.4 Å². The van der Waals surface area contributed by atoms with Gasteiger partial charge in [-0.1, -0.05) is 64.5 Å². The van der Waals surface area contributed by atoms with Crippen LogP contribution in [0.5, 0.6) is 5.75 Å². The van der Waals surface area contributed by atoms with Crippen molar-refractivity contribution in [2.24, 2.45) is 0 Å². The molecule has 10 heteroatoms. The first kappa shape index (κ1) is 32.1. The van der Waals surface area contributed by atoms with Crippen LogP contribution in [0.4, 0.5) is 16.2 Å². The zero-order chi connectivity index (χ0) is 29.8. The molecule has 3 rings (SSSR count). The molecule has 1 saturated heterocycles. The maximum Gasteiger partial charge on any atom is 0.415 e. The third-order valence-electron chi connectivity index (χ3n) is 7.71. The lowest BCUT2D eigenvalue weighted by molar-refractivity contribution is -0.137. The second kappa shape index (κ2) is 16.1. The van der Waals surface area contributed by atoms with Crippen LogP contribution < -0.4 is 25.8 Å². The van der Waals surface area contributed by atoms with Gasteiger partial charge in [-0.15, -0.1) is 0 Å². The van der Waals surface area contributed by atoms with E-state index in [0.717, 1.165) is 64.5 Å². The molecular formula is C31H46N4O6. The summed E-state index contributed by atoms with van der Waals surface area (Å²) >= 11 is 0. The highest BCUT2D eigenvalue weighted by Gasteiger charge is 2.30. The zero-order valence-corrected chi connectivity index (χ0v) is 24.8. The van der Waals surface area contributed by atoms with Crippen LogP contribution >= 0.6 is 0 Å². The van der Waals surface area contributed by atoms with Crippen molar-refractivity contribution < 1.29 is 19.4 Å². The number of nitrogens with zero attached hydrogens (tertiary/aromatic N) is 3. The molecule has 0 aromatic heterocycles. The fourth-order valence-corrected chi connectivity index (χ4v) is 5.07. The fourth-order valence-electron chi connectivity index (χ4n) is 5.07. The number of carbonyl (C=O) groups excluding carboxylic acids is 1. The van der Waals surface area contributed by atoms with Crippen LogP contribution in [-0.4, -0.2) is 79.3 Å². The Balaban J connectivity index is 1.66. The number of carboxylic acid groups (broad SMARTS) is 1. The first-order chi connectivity index (χ1) is 19.7. The lowest BCUT2D eigenvalue weighted by Crippen LogP contribution is -2.48. The molecular weight excluding hydrogens is 524 g/mol. The smallest absolute Gasteiger partial charge is 0.415 e. The summed E-state index contributed by atoms with van der Waals surface area (Å²) in [7, 11) is 2.01. The molecule has 2 N–H and O–H groups in total. The van der Waals surface area contributed by atoms with Crippen molar-refractivity contribution in [3.8, 4) is 5.75 Å². The van der Waals surface area contributed by atoms with E-state index in [2.05, 4.69) is 24.1 Å². The van der Waals surface area contributed by atoms with Gasteiger partial charge in [-0.2, -0.15) is 0 Å². The highest BCUT2D eigenvalue weighted by Crippen LogP contribution is 2.24. The van der Waals surface area contributed by atoms with Gasteiger partial charge >= 0.3 is 12.1 Å². The van der Waals surface area contributed by atoms with Crippen LogP contribution in [0.3, 0.4) is 0 Å². The number of hydrogen-bond donors (Lipinski definition) is 2. The summed E-state index contributed by atoms with van der Waals surface area (Å²) in [5.74, 6) is -0.740. The normalized spacial score (nSPS) is 14.7. The minimum Gasteiger partial charge on any atom is -0.480 e. The number of carbonyl (C=O) groups is 2. The van der Waals surface area contributed by atoms with Crippen LogP contribution in [-0.2, 0) is 11.2 Å². The Labute approximate surface area is 243 Å². The second-order valence-electron chi connectivity index (χ2n) is 11.0. The van der Waals surface area contributed by atoms with E-state index >= 15 is 0 Å². The molecule has 0 bridgehead atoms. The minimum absolute atomic E-state index is 0.0905. The molecule has 1 heterocycles. The fraction of sp³-hybridized carbons (Fsp3) is 0.613. The molecule has 1 aliphatic heterocycles. The average Bonchev–Trinajstić information content (AvgIpc) is 2.97. The molecule has 226 valence electrons. The summed E-state index contributed by atoms with van der Waals surface area (Å²) in [4.78, 5) is 55.7. The van der Waals surface area contributed by atoms with E-state index in [0.29, 0.717) is 43.2 Å². The summed E-state index contributed by atoms with van der Waals surface area (Å²) in [6.07, 6.45) is 8.00. The topological polar surface area (TPSA) is 119 Å². The highest BCUT2D eigenvalue weighted by atomic mass is 16.6. The molecule has 0 spiro atoms. The Kier molecular flexibility index (Phi) is 12.6. The largest absolute Gasteiger partial charge is 0.480 e. The van der Waals surface area contributed by atoms with Gasteiger partial charge in [0.1, 0.15) is 23.2 Å². The third-order valence-corrected chi connectivity index (χ3v) is 7.71. The number of hydrogen-bond acceptors (Lipinski definition) is 8. The van der Waals surface area contributed by atoms with Crippen molar-refractivity contribution in [1.29, 1.82) is 0 Å². The molecule has 0 unspecified atom stereocenters. The predicted octanol–water partition coefficient (Wildman–Crippen LogP) is 4.10. The summed E-state index contributed by atoms with van der Waals surface area (Å²) in [5.41, 5.74) is -0.0919. The Hall–Kier alpha value is -3.40. The van der Waals surface area contributed by atoms with E-state index in [-0.39, 0.29) is 12.1 Å². The van der Waals surface area contributed by atoms with Gasteiger partial charge in [0, 0.05) is 45.7 Å². The number of nitrogens with one attached hydrogen (secondary N) is 1. The van der Waals surface area contributed by atoms with Crippen LogP contribution in [0.25, 0.3) is 0 Å². The zero-order valence-electron chi connectivity index (χ0n) is 24.8. The quantitative estimate of drug-likeness (QED) is 0.214. The molecule has 1 atom stereocenters. The van der Waals surface area contributed by atoms with Crippen LogP contribution in [0.1, 0.15) is 70.8 Å². The number of rotatable bonds is 17. The number of amides is 1. The number of unbranched alkanes of at least 4 members (excludes halogenated alkanes) is 6. The molecule has 1 fully saturated rings. The Morgan fingerprint density at radius 2 is 1.49 bits per heavy atom. The summed E-state index contributed by atoms with van der Waals surface area (Å²) < 4.78 is 5.49. The number of piperazine rings is 1. The van der Waals surface area contributed by atoms with E-state index < -0.39 is 29.0 Å². The number of benzene rings is 1. The molecule has 0 saturated carbocycles. The van der Waals surface area contributed by atoms with Crippen molar-refractivity contribution in [1.82, 2.24) is 9.80 Å². The number of anilines is 2. The molecule has 1 aliphatic rings. The molecule has 2 aromatic carbocycles. The Bertz CT molecular complexity index is 1170. The highest BCUT2D eigenvalue weighted by molar-refractivity contribution is 5.83. The van der Waals surface area contributed by atoms with E-state index in [9.17, 15) is 24.3 Å². The lowest BCUT2D eigenvalue weighted by Gasteiger charge is -2.31. The summed E-state index contributed by atoms with van der Waals surface area (Å²) in [5, 5.41) is 12.8. The first-order valence-corrected chi connectivity index (χ1v) is 15.1. The van der Waals surface area contributed by atoms with E-state index in [4.69, 9.17) is 4.74 Å². The standard InChI is InChI=1S/C31H46N4O6/c1-4-6-8-10-16-34(17-11-9-7-5-2)27-26(28(36)29(27)37)32-25(30(38)39)22-23-12-14-24(15-13-23)41-31(40)35-20-18-33(3)19-21-35/h12-15,25,32H,4-11,16-22H2,1-3H3,(H,38,39)/t25-/m0/s1. The van der Waals surface area contributed by atoms with Crippen LogP contribution in [0, 0.1) is 0 Å². The van der Waals surface area contributed by atoms with Gasteiger partial charge < -0.3 is 29.9 Å². The molecule has 0 radical (unpaired) electrons. The van der Waals surface area contributed by atoms with Crippen molar-refractivity contribution in [3.05, 3.63) is 50.3 Å².